The van der Waals surface area contributed by atoms with Gasteiger partial charge in [-0.2, -0.15) is 0 Å². The average molecular weight is 209 g/mol. The van der Waals surface area contributed by atoms with Crippen molar-refractivity contribution in [2.45, 2.75) is 34.6 Å². The van der Waals surface area contributed by atoms with E-state index in [-0.39, 0.29) is 17.3 Å². The van der Waals surface area contributed by atoms with Crippen LogP contribution in [0.1, 0.15) is 34.6 Å². The van der Waals surface area contributed by atoms with E-state index in [1.165, 1.54) is 0 Å². The summed E-state index contributed by atoms with van der Waals surface area (Å²) in [6.07, 6.45) is 0. The van der Waals surface area contributed by atoms with Crippen molar-refractivity contribution in [3.63, 3.8) is 0 Å². The smallest absolute Gasteiger partial charge is 0.173 e. The van der Waals surface area contributed by atoms with Gasteiger partial charge >= 0.3 is 0 Å². The van der Waals surface area contributed by atoms with Gasteiger partial charge in [0.2, 0.25) is 0 Å². The monoisotopic (exact) mass is 209 g/mol. The van der Waals surface area contributed by atoms with E-state index >= 15 is 0 Å². The fourth-order valence-electron chi connectivity index (χ4n) is 2.22. The maximum Gasteiger partial charge on any atom is 0.173 e. The first-order valence-electron chi connectivity index (χ1n) is 4.81. The van der Waals surface area contributed by atoms with Crippen LogP contribution in [-0.4, -0.2) is 11.6 Å². The first-order chi connectivity index (χ1) is 6.67. The van der Waals surface area contributed by atoms with Gasteiger partial charge < -0.3 is 0 Å². The normalized spacial score (nSPS) is 24.3. The molecule has 0 aromatic carbocycles. The number of ketones is 2. The molecule has 0 unspecified atom stereocenters. The second-order valence-corrected chi connectivity index (χ2v) is 4.97. The first-order valence-corrected chi connectivity index (χ1v) is 4.81. The Morgan fingerprint density at radius 1 is 1.00 bits per heavy atom. The van der Waals surface area contributed by atoms with Gasteiger partial charge in [0.25, 0.3) is 0 Å². The van der Waals surface area contributed by atoms with Gasteiger partial charge in [0, 0.05) is 5.57 Å². The van der Waals surface area contributed by atoms with Gasteiger partial charge in [-0.05, 0) is 39.8 Å². The molecular weight excluding hydrogens is 194 g/mol. The Morgan fingerprint density at radius 3 is 1.87 bits per heavy atom. The van der Waals surface area contributed by atoms with Crippen molar-refractivity contribution in [3.8, 4) is 0 Å². The highest BCUT2D eigenvalue weighted by Crippen LogP contribution is 2.44. The topological polar surface area (TPSA) is 63.6 Å². The molecule has 82 valence electrons. The highest BCUT2D eigenvalue weighted by molar-refractivity contribution is 6.18. The second kappa shape index (κ2) is 3.08. The standard InChI is InChI=1S/C11H15NO3/c1-6-7(12-15)10(2,3)9(14)11(4,5)8(6)13/h1-5H3. The zero-order chi connectivity index (χ0) is 12.0. The van der Waals surface area contributed by atoms with E-state index in [2.05, 4.69) is 5.18 Å². The van der Waals surface area contributed by atoms with Crippen LogP contribution in [0.4, 0.5) is 0 Å². The van der Waals surface area contributed by atoms with E-state index < -0.39 is 10.8 Å². The molecule has 1 aliphatic rings. The third-order valence-electron chi connectivity index (χ3n) is 3.08. The Hall–Kier alpha value is -1.32. The highest BCUT2D eigenvalue weighted by Gasteiger charge is 2.52. The number of rotatable bonds is 1. The predicted octanol–water partition coefficient (Wildman–Crippen LogP) is 2.23. The molecule has 4 heteroatoms. The van der Waals surface area contributed by atoms with Crippen LogP contribution in [0.3, 0.4) is 0 Å². The Bertz CT molecular complexity index is 389. The molecule has 0 N–H and O–H groups in total. The SMILES string of the molecule is CC1=C(N=O)C(C)(C)C(=O)C(C)(C)C1=O. The quantitative estimate of drug-likeness (QED) is 0.491. The van der Waals surface area contributed by atoms with Gasteiger partial charge in [-0.15, -0.1) is 4.91 Å². The van der Waals surface area contributed by atoms with Crippen LogP contribution in [0.5, 0.6) is 0 Å². The molecule has 0 atom stereocenters. The number of nitrogens with zero attached hydrogens (tertiary/aromatic N) is 1. The lowest BCUT2D eigenvalue weighted by molar-refractivity contribution is -0.143. The summed E-state index contributed by atoms with van der Waals surface area (Å²) in [7, 11) is 0. The molecular formula is C11H15NO3. The molecule has 0 heterocycles. The van der Waals surface area contributed by atoms with E-state index in [4.69, 9.17) is 0 Å². The van der Waals surface area contributed by atoms with E-state index in [0.717, 1.165) is 0 Å². The van der Waals surface area contributed by atoms with Crippen LogP contribution in [0.15, 0.2) is 16.4 Å². The Morgan fingerprint density at radius 2 is 1.47 bits per heavy atom. The van der Waals surface area contributed by atoms with Gasteiger partial charge in [0.05, 0.1) is 10.8 Å². The molecule has 0 saturated carbocycles. The fourth-order valence-corrected chi connectivity index (χ4v) is 2.22. The minimum Gasteiger partial charge on any atom is -0.298 e. The van der Waals surface area contributed by atoms with Crippen molar-refractivity contribution in [1.82, 2.24) is 0 Å². The van der Waals surface area contributed by atoms with E-state index in [9.17, 15) is 14.5 Å². The Balaban J connectivity index is 3.55. The number of carbonyl (C=O) groups excluding carboxylic acids is 2. The van der Waals surface area contributed by atoms with Crippen molar-refractivity contribution < 1.29 is 9.59 Å². The summed E-state index contributed by atoms with van der Waals surface area (Å²) in [5.74, 6) is -0.554. The molecule has 0 aliphatic heterocycles. The molecule has 0 fully saturated rings. The summed E-state index contributed by atoms with van der Waals surface area (Å²) in [6, 6.07) is 0. The predicted molar refractivity (Wildman–Crippen MR) is 56.1 cm³/mol. The molecule has 0 aromatic heterocycles. The summed E-state index contributed by atoms with van der Waals surface area (Å²) >= 11 is 0. The third-order valence-corrected chi connectivity index (χ3v) is 3.08. The summed E-state index contributed by atoms with van der Waals surface area (Å²) in [4.78, 5) is 34.6. The van der Waals surface area contributed by atoms with Crippen molar-refractivity contribution in [1.29, 1.82) is 0 Å². The maximum absolute atomic E-state index is 12.0. The van der Waals surface area contributed by atoms with Crippen molar-refractivity contribution in [3.05, 3.63) is 16.2 Å². The number of nitroso groups, excluding NO2 is 1. The largest absolute Gasteiger partial charge is 0.298 e. The second-order valence-electron chi connectivity index (χ2n) is 4.97. The molecule has 0 radical (unpaired) electrons. The Kier molecular flexibility index (Phi) is 2.42. The molecule has 0 bridgehead atoms. The van der Waals surface area contributed by atoms with E-state index in [0.29, 0.717) is 5.57 Å². The van der Waals surface area contributed by atoms with Crippen molar-refractivity contribution >= 4 is 11.6 Å². The van der Waals surface area contributed by atoms with Crippen molar-refractivity contribution in [2.24, 2.45) is 16.0 Å². The van der Waals surface area contributed by atoms with Gasteiger partial charge in [-0.25, -0.2) is 0 Å². The number of hydrogen-bond donors (Lipinski definition) is 0. The van der Waals surface area contributed by atoms with Crippen LogP contribution in [0.25, 0.3) is 0 Å². The summed E-state index contributed by atoms with van der Waals surface area (Å²) in [5, 5.41) is 2.84. The van der Waals surface area contributed by atoms with Crippen LogP contribution >= 0.6 is 0 Å². The molecule has 1 rings (SSSR count). The summed E-state index contributed by atoms with van der Waals surface area (Å²) in [5.41, 5.74) is -1.65. The molecule has 15 heavy (non-hydrogen) atoms. The zero-order valence-electron chi connectivity index (χ0n) is 9.67. The molecule has 1 aliphatic carbocycles. The van der Waals surface area contributed by atoms with Gasteiger partial charge in [-0.1, -0.05) is 0 Å². The number of allylic oxidation sites excluding steroid dienone is 2. The van der Waals surface area contributed by atoms with E-state index in [1.54, 1.807) is 34.6 Å². The minimum absolute atomic E-state index is 0.0665. The average Bonchev–Trinajstić information content (AvgIpc) is 2.14. The van der Waals surface area contributed by atoms with Gasteiger partial charge in [-0.3, -0.25) is 9.59 Å². The zero-order valence-corrected chi connectivity index (χ0v) is 9.67. The number of carbonyl (C=O) groups is 2. The maximum atomic E-state index is 12.0. The number of hydrogen-bond acceptors (Lipinski definition) is 4. The van der Waals surface area contributed by atoms with Gasteiger partial charge in [0.15, 0.2) is 11.6 Å². The summed E-state index contributed by atoms with van der Waals surface area (Å²) < 4.78 is 0. The Labute approximate surface area is 88.7 Å². The molecule has 0 saturated heterocycles. The lowest BCUT2D eigenvalue weighted by atomic mass is 9.63. The van der Waals surface area contributed by atoms with Crippen LogP contribution < -0.4 is 0 Å². The van der Waals surface area contributed by atoms with Crippen molar-refractivity contribution in [2.75, 3.05) is 0 Å². The van der Waals surface area contributed by atoms with Crippen LogP contribution in [-0.2, 0) is 9.59 Å². The lowest BCUT2D eigenvalue weighted by Gasteiger charge is -2.37. The van der Waals surface area contributed by atoms with Gasteiger partial charge in [0.1, 0.15) is 5.70 Å². The van der Waals surface area contributed by atoms with Crippen LogP contribution in [0.2, 0.25) is 0 Å². The van der Waals surface area contributed by atoms with Crippen LogP contribution in [0, 0.1) is 15.7 Å². The third kappa shape index (κ3) is 1.35. The lowest BCUT2D eigenvalue weighted by Crippen LogP contribution is -2.47. The number of Topliss-reactive ketones (excluding diaryl/α,β-unsaturated/α-hetero) is 2. The molecule has 0 aromatic rings. The minimum atomic E-state index is -1.05. The molecule has 0 amide bonds. The molecule has 0 spiro atoms. The fraction of sp³-hybridized carbons (Fsp3) is 0.636. The first kappa shape index (κ1) is 11.8. The van der Waals surface area contributed by atoms with E-state index in [1.807, 2.05) is 0 Å². The summed E-state index contributed by atoms with van der Waals surface area (Å²) in [6.45, 7) is 7.98. The highest BCUT2D eigenvalue weighted by atomic mass is 16.3. The molecule has 4 nitrogen and oxygen atoms in total.